The number of piperazine rings is 1. The van der Waals surface area contributed by atoms with Crippen molar-refractivity contribution in [3.63, 3.8) is 0 Å². The molecule has 1 aliphatic heterocycles. The maximum absolute atomic E-state index is 3.58. The molecule has 0 aromatic heterocycles. The van der Waals surface area contributed by atoms with Crippen LogP contribution in [0.1, 0.15) is 32.8 Å². The second-order valence-corrected chi connectivity index (χ2v) is 6.07. The molecular formula is C15H23BrN2. The zero-order valence-corrected chi connectivity index (χ0v) is 13.1. The van der Waals surface area contributed by atoms with E-state index in [1.54, 1.807) is 0 Å². The zero-order valence-electron chi connectivity index (χ0n) is 11.5. The zero-order chi connectivity index (χ0) is 13.1. The first-order valence-electron chi connectivity index (χ1n) is 6.94. The molecule has 1 fully saturated rings. The Labute approximate surface area is 119 Å². The first-order chi connectivity index (χ1) is 8.65. The predicted molar refractivity (Wildman–Crippen MR) is 82.4 cm³/mol. The predicted octanol–water partition coefficient (Wildman–Crippen LogP) is 3.59. The maximum Gasteiger partial charge on any atom is 0.0412 e. The maximum atomic E-state index is 3.58. The number of nitrogens with zero attached hydrogens (tertiary/aromatic N) is 1. The largest absolute Gasteiger partial charge is 0.366 e. The fraction of sp³-hybridized carbons (Fsp3) is 0.600. The van der Waals surface area contributed by atoms with E-state index in [4.69, 9.17) is 0 Å². The molecule has 0 bridgehead atoms. The van der Waals surface area contributed by atoms with Crippen molar-refractivity contribution in [2.75, 3.05) is 18.0 Å². The number of nitrogens with one attached hydrogen (secondary N) is 1. The average molecular weight is 311 g/mol. The molecule has 1 N–H and O–H groups in total. The van der Waals surface area contributed by atoms with Gasteiger partial charge < -0.3 is 10.2 Å². The molecule has 1 aliphatic rings. The van der Waals surface area contributed by atoms with Crippen LogP contribution >= 0.6 is 15.9 Å². The van der Waals surface area contributed by atoms with Gasteiger partial charge in [-0.25, -0.2) is 0 Å². The Bertz CT molecular complexity index is 405. The number of halogens is 1. The molecule has 3 heteroatoms. The summed E-state index contributed by atoms with van der Waals surface area (Å²) in [6, 6.07) is 7.88. The van der Waals surface area contributed by atoms with Crippen LogP contribution in [-0.2, 0) is 6.42 Å². The minimum absolute atomic E-state index is 0.571. The molecule has 18 heavy (non-hydrogen) atoms. The summed E-state index contributed by atoms with van der Waals surface area (Å²) in [5.41, 5.74) is 2.86. The smallest absolute Gasteiger partial charge is 0.0412 e. The molecule has 0 saturated carbocycles. The first kappa shape index (κ1) is 13.9. The highest BCUT2D eigenvalue weighted by molar-refractivity contribution is 9.10. The van der Waals surface area contributed by atoms with Crippen molar-refractivity contribution in [3.05, 3.63) is 28.2 Å². The lowest BCUT2D eigenvalue weighted by Crippen LogP contribution is -2.55. The van der Waals surface area contributed by atoms with Crippen LogP contribution in [0.25, 0.3) is 0 Å². The van der Waals surface area contributed by atoms with Crippen molar-refractivity contribution in [1.29, 1.82) is 0 Å². The number of hydrogen-bond donors (Lipinski definition) is 1. The topological polar surface area (TPSA) is 15.3 Å². The number of hydrogen-bond acceptors (Lipinski definition) is 2. The Balaban J connectivity index is 2.32. The Morgan fingerprint density at radius 1 is 1.39 bits per heavy atom. The van der Waals surface area contributed by atoms with Gasteiger partial charge in [0.15, 0.2) is 0 Å². The lowest BCUT2D eigenvalue weighted by atomic mass is 10.0. The van der Waals surface area contributed by atoms with Gasteiger partial charge in [-0.05, 0) is 43.5 Å². The molecule has 2 unspecified atom stereocenters. The van der Waals surface area contributed by atoms with Crippen LogP contribution < -0.4 is 10.2 Å². The van der Waals surface area contributed by atoms with E-state index in [2.05, 4.69) is 65.1 Å². The molecule has 0 radical (unpaired) electrons. The standard InChI is InChI=1S/C15H23BrN2/c1-4-12-8-13(16)6-7-15(12)18-10-11(3)17-9-14(18)5-2/h6-8,11,14,17H,4-5,9-10H2,1-3H3. The van der Waals surface area contributed by atoms with Crippen molar-refractivity contribution >= 4 is 21.6 Å². The van der Waals surface area contributed by atoms with Crippen LogP contribution in [0.4, 0.5) is 5.69 Å². The molecule has 0 amide bonds. The summed E-state index contributed by atoms with van der Waals surface area (Å²) in [7, 11) is 0. The third kappa shape index (κ3) is 2.89. The van der Waals surface area contributed by atoms with E-state index in [0.717, 1.165) is 19.5 Å². The summed E-state index contributed by atoms with van der Waals surface area (Å²) >= 11 is 3.57. The van der Waals surface area contributed by atoms with Crippen molar-refractivity contribution in [3.8, 4) is 0 Å². The Morgan fingerprint density at radius 2 is 2.17 bits per heavy atom. The van der Waals surface area contributed by atoms with E-state index in [9.17, 15) is 0 Å². The molecule has 1 heterocycles. The molecule has 2 atom stereocenters. The molecule has 0 spiro atoms. The highest BCUT2D eigenvalue weighted by Crippen LogP contribution is 2.28. The number of rotatable bonds is 3. The molecule has 100 valence electrons. The van der Waals surface area contributed by atoms with Crippen LogP contribution in [0, 0.1) is 0 Å². The molecule has 2 rings (SSSR count). The van der Waals surface area contributed by atoms with E-state index in [1.807, 2.05) is 0 Å². The number of anilines is 1. The summed E-state index contributed by atoms with van der Waals surface area (Å²) in [5.74, 6) is 0. The summed E-state index contributed by atoms with van der Waals surface area (Å²) in [4.78, 5) is 2.59. The van der Waals surface area contributed by atoms with Crippen LogP contribution in [0.15, 0.2) is 22.7 Å². The lowest BCUT2D eigenvalue weighted by molar-refractivity contribution is 0.402. The van der Waals surface area contributed by atoms with Gasteiger partial charge in [0.05, 0.1) is 0 Å². The quantitative estimate of drug-likeness (QED) is 0.918. The molecule has 1 aromatic rings. The SMILES string of the molecule is CCc1cc(Br)ccc1N1CC(C)NCC1CC. The summed E-state index contributed by atoms with van der Waals surface area (Å²) in [5, 5.41) is 3.58. The average Bonchev–Trinajstić information content (AvgIpc) is 2.38. The van der Waals surface area contributed by atoms with Crippen molar-refractivity contribution in [1.82, 2.24) is 5.32 Å². The van der Waals surface area contributed by atoms with Gasteiger partial charge >= 0.3 is 0 Å². The first-order valence-corrected chi connectivity index (χ1v) is 7.73. The van der Waals surface area contributed by atoms with Gasteiger partial charge in [0.2, 0.25) is 0 Å². The number of aryl methyl sites for hydroxylation is 1. The summed E-state index contributed by atoms with van der Waals surface area (Å²) in [6.07, 6.45) is 2.28. The van der Waals surface area contributed by atoms with Crippen LogP contribution in [0.2, 0.25) is 0 Å². The van der Waals surface area contributed by atoms with Gasteiger partial charge in [0.1, 0.15) is 0 Å². The van der Waals surface area contributed by atoms with Gasteiger partial charge in [-0.1, -0.05) is 29.8 Å². The Hall–Kier alpha value is -0.540. The fourth-order valence-electron chi connectivity index (χ4n) is 2.73. The van der Waals surface area contributed by atoms with E-state index < -0.39 is 0 Å². The number of benzene rings is 1. The van der Waals surface area contributed by atoms with Crippen molar-refractivity contribution in [2.24, 2.45) is 0 Å². The monoisotopic (exact) mass is 310 g/mol. The Kier molecular flexibility index (Phi) is 4.68. The molecular weight excluding hydrogens is 288 g/mol. The van der Waals surface area contributed by atoms with E-state index in [-0.39, 0.29) is 0 Å². The second kappa shape index (κ2) is 6.07. The minimum Gasteiger partial charge on any atom is -0.366 e. The highest BCUT2D eigenvalue weighted by Gasteiger charge is 2.25. The normalized spacial score (nSPS) is 24.3. The third-order valence-corrected chi connectivity index (χ3v) is 4.31. The van der Waals surface area contributed by atoms with Gasteiger partial charge in [-0.3, -0.25) is 0 Å². The molecule has 0 aliphatic carbocycles. The fourth-order valence-corrected chi connectivity index (χ4v) is 3.14. The minimum atomic E-state index is 0.571. The van der Waals surface area contributed by atoms with E-state index >= 15 is 0 Å². The summed E-state index contributed by atoms with van der Waals surface area (Å²) in [6.45, 7) is 8.98. The van der Waals surface area contributed by atoms with Crippen molar-refractivity contribution in [2.45, 2.75) is 45.7 Å². The van der Waals surface area contributed by atoms with Crippen LogP contribution in [0.3, 0.4) is 0 Å². The van der Waals surface area contributed by atoms with Gasteiger partial charge in [0.25, 0.3) is 0 Å². The van der Waals surface area contributed by atoms with E-state index in [0.29, 0.717) is 12.1 Å². The van der Waals surface area contributed by atoms with Gasteiger partial charge in [-0.2, -0.15) is 0 Å². The second-order valence-electron chi connectivity index (χ2n) is 5.15. The van der Waals surface area contributed by atoms with Gasteiger partial charge in [0, 0.05) is 35.3 Å². The molecule has 1 aromatic carbocycles. The van der Waals surface area contributed by atoms with Crippen LogP contribution in [-0.4, -0.2) is 25.2 Å². The van der Waals surface area contributed by atoms with E-state index in [1.165, 1.54) is 22.1 Å². The highest BCUT2D eigenvalue weighted by atomic mass is 79.9. The molecule has 1 saturated heterocycles. The Morgan fingerprint density at radius 3 is 2.83 bits per heavy atom. The van der Waals surface area contributed by atoms with Crippen LogP contribution in [0.5, 0.6) is 0 Å². The summed E-state index contributed by atoms with van der Waals surface area (Å²) < 4.78 is 1.18. The molecule has 2 nitrogen and oxygen atoms in total. The van der Waals surface area contributed by atoms with Crippen molar-refractivity contribution < 1.29 is 0 Å². The van der Waals surface area contributed by atoms with Gasteiger partial charge in [-0.15, -0.1) is 0 Å². The lowest BCUT2D eigenvalue weighted by Gasteiger charge is -2.41. The third-order valence-electron chi connectivity index (χ3n) is 3.82.